The number of aliphatic hydroxyl groups is 1. The van der Waals surface area contributed by atoms with Gasteiger partial charge in [-0.25, -0.2) is 13.8 Å². The van der Waals surface area contributed by atoms with E-state index in [-0.39, 0.29) is 11.9 Å². The van der Waals surface area contributed by atoms with E-state index in [1.165, 1.54) is 12.1 Å². The normalized spacial score (nSPS) is 19.7. The molecule has 1 aliphatic carbocycles. The molecule has 0 unspecified atom stereocenters. The number of nitrogens with zero attached hydrogens (tertiary/aromatic N) is 3. The van der Waals surface area contributed by atoms with E-state index in [1.54, 1.807) is 12.4 Å². The van der Waals surface area contributed by atoms with Gasteiger partial charge in [0.15, 0.2) is 11.6 Å². The Bertz CT molecular complexity index is 757. The van der Waals surface area contributed by atoms with Crippen molar-refractivity contribution in [3.05, 3.63) is 47.9 Å². The van der Waals surface area contributed by atoms with Crippen LogP contribution >= 0.6 is 0 Å². The van der Waals surface area contributed by atoms with Gasteiger partial charge in [-0.2, -0.15) is 0 Å². The van der Waals surface area contributed by atoms with E-state index in [9.17, 15) is 13.9 Å². The molecule has 25 heavy (non-hydrogen) atoms. The van der Waals surface area contributed by atoms with Crippen molar-refractivity contribution in [2.75, 3.05) is 18.0 Å². The topological polar surface area (TPSA) is 58.5 Å². The third-order valence-electron chi connectivity index (χ3n) is 4.79. The average molecular weight is 347 g/mol. The summed E-state index contributed by atoms with van der Waals surface area (Å²) in [6, 6.07) is 3.34. The number of ether oxygens (including phenoxy) is 1. The van der Waals surface area contributed by atoms with E-state index in [2.05, 4.69) is 14.9 Å². The molecule has 2 fully saturated rings. The number of piperidine rings is 1. The summed E-state index contributed by atoms with van der Waals surface area (Å²) in [5.74, 6) is -0.444. The minimum Gasteiger partial charge on any atom is -0.487 e. The monoisotopic (exact) mass is 347 g/mol. The lowest BCUT2D eigenvalue weighted by Gasteiger charge is -2.32. The second-order valence-corrected chi connectivity index (χ2v) is 6.67. The van der Waals surface area contributed by atoms with Crippen LogP contribution in [-0.2, 0) is 5.60 Å². The summed E-state index contributed by atoms with van der Waals surface area (Å²) in [5, 5.41) is 10.0. The van der Waals surface area contributed by atoms with E-state index in [4.69, 9.17) is 4.74 Å². The van der Waals surface area contributed by atoms with Gasteiger partial charge in [0.1, 0.15) is 23.3 Å². The predicted molar refractivity (Wildman–Crippen MR) is 87.4 cm³/mol. The van der Waals surface area contributed by atoms with Gasteiger partial charge >= 0.3 is 0 Å². The molecule has 2 aromatic rings. The van der Waals surface area contributed by atoms with E-state index < -0.39 is 17.2 Å². The van der Waals surface area contributed by atoms with Crippen molar-refractivity contribution in [3.63, 3.8) is 0 Å². The van der Waals surface area contributed by atoms with Crippen LogP contribution in [0, 0.1) is 11.6 Å². The predicted octanol–water partition coefficient (Wildman–Crippen LogP) is 2.78. The fraction of sp³-hybridized carbons (Fsp3) is 0.444. The van der Waals surface area contributed by atoms with Crippen molar-refractivity contribution < 1.29 is 18.6 Å². The molecule has 0 spiro atoms. The van der Waals surface area contributed by atoms with Crippen LogP contribution in [0.3, 0.4) is 0 Å². The van der Waals surface area contributed by atoms with Crippen LogP contribution in [0.1, 0.15) is 31.4 Å². The average Bonchev–Trinajstić information content (AvgIpc) is 3.37. The quantitative estimate of drug-likeness (QED) is 0.922. The third kappa shape index (κ3) is 3.42. The van der Waals surface area contributed by atoms with Crippen molar-refractivity contribution in [2.45, 2.75) is 37.4 Å². The van der Waals surface area contributed by atoms with Gasteiger partial charge in [-0.05, 0) is 25.0 Å². The second kappa shape index (κ2) is 6.22. The Morgan fingerprint density at radius 1 is 1.12 bits per heavy atom. The largest absolute Gasteiger partial charge is 0.487 e. The van der Waals surface area contributed by atoms with E-state index in [0.29, 0.717) is 31.6 Å². The molecule has 1 N–H and O–H groups in total. The highest BCUT2D eigenvalue weighted by Crippen LogP contribution is 2.44. The summed E-state index contributed by atoms with van der Waals surface area (Å²) < 4.78 is 32.3. The Kier molecular flexibility index (Phi) is 4.03. The molecular weight excluding hydrogens is 328 g/mol. The Morgan fingerprint density at radius 2 is 1.88 bits per heavy atom. The molecule has 1 saturated heterocycles. The zero-order valence-corrected chi connectivity index (χ0v) is 13.7. The zero-order chi connectivity index (χ0) is 17.4. The number of rotatable bonds is 4. The first-order valence-corrected chi connectivity index (χ1v) is 8.45. The van der Waals surface area contributed by atoms with Gasteiger partial charge in [-0.1, -0.05) is 0 Å². The number of anilines is 1. The lowest BCUT2D eigenvalue weighted by atomic mass is 10.1. The molecule has 1 aromatic heterocycles. The first-order chi connectivity index (χ1) is 12.0. The minimum atomic E-state index is -0.772. The standard InChI is InChI=1S/C18H19F2N3O2/c19-12-1-2-15(14(20)9-12)25-13-3-7-23(8-4-13)17-11-21-16(10-22-17)18(24)5-6-18/h1-2,9-11,13,24H,3-8H2. The maximum absolute atomic E-state index is 13.7. The maximum Gasteiger partial charge on any atom is 0.167 e. The highest BCUT2D eigenvalue weighted by Gasteiger charge is 2.43. The number of hydrogen-bond donors (Lipinski definition) is 1. The van der Waals surface area contributed by atoms with Gasteiger partial charge in [0, 0.05) is 32.0 Å². The van der Waals surface area contributed by atoms with E-state index in [1.807, 2.05) is 0 Å². The molecule has 1 aromatic carbocycles. The number of aromatic nitrogens is 2. The van der Waals surface area contributed by atoms with Gasteiger partial charge in [-0.15, -0.1) is 0 Å². The summed E-state index contributed by atoms with van der Waals surface area (Å²) in [7, 11) is 0. The molecule has 2 aliphatic rings. The number of hydrogen-bond acceptors (Lipinski definition) is 5. The highest BCUT2D eigenvalue weighted by atomic mass is 19.1. The summed E-state index contributed by atoms with van der Waals surface area (Å²) in [5.41, 5.74) is -0.146. The zero-order valence-electron chi connectivity index (χ0n) is 13.7. The van der Waals surface area contributed by atoms with Crippen LogP contribution in [0.2, 0.25) is 0 Å². The fourth-order valence-electron chi connectivity index (χ4n) is 3.05. The van der Waals surface area contributed by atoms with Gasteiger partial charge in [0.2, 0.25) is 0 Å². The molecule has 0 atom stereocenters. The number of benzene rings is 1. The first kappa shape index (κ1) is 16.2. The van der Waals surface area contributed by atoms with Crippen LogP contribution in [0.4, 0.5) is 14.6 Å². The Hall–Kier alpha value is -2.28. The summed E-state index contributed by atoms with van der Waals surface area (Å²) in [6.07, 6.45) is 6.11. The van der Waals surface area contributed by atoms with Crippen LogP contribution in [0.5, 0.6) is 5.75 Å². The SMILES string of the molecule is OC1(c2cnc(N3CCC(Oc4ccc(F)cc4F)CC3)cn2)CC1. The molecule has 0 amide bonds. The molecule has 2 heterocycles. The van der Waals surface area contributed by atoms with Crippen LogP contribution in [0.15, 0.2) is 30.6 Å². The van der Waals surface area contributed by atoms with Crippen LogP contribution < -0.4 is 9.64 Å². The van der Waals surface area contributed by atoms with Gasteiger partial charge in [0.05, 0.1) is 18.1 Å². The third-order valence-corrected chi connectivity index (χ3v) is 4.79. The highest BCUT2D eigenvalue weighted by molar-refractivity contribution is 5.37. The van der Waals surface area contributed by atoms with Crippen molar-refractivity contribution in [1.29, 1.82) is 0 Å². The molecule has 1 saturated carbocycles. The smallest absolute Gasteiger partial charge is 0.167 e. The summed E-state index contributed by atoms with van der Waals surface area (Å²) in [6.45, 7) is 1.43. The Morgan fingerprint density at radius 3 is 2.48 bits per heavy atom. The van der Waals surface area contributed by atoms with Gasteiger partial charge < -0.3 is 14.7 Å². The molecule has 5 nitrogen and oxygen atoms in total. The van der Waals surface area contributed by atoms with Crippen LogP contribution in [-0.4, -0.2) is 34.3 Å². The first-order valence-electron chi connectivity index (χ1n) is 8.45. The molecule has 0 radical (unpaired) electrons. The van der Waals surface area contributed by atoms with E-state index in [0.717, 1.165) is 24.7 Å². The van der Waals surface area contributed by atoms with Crippen molar-refractivity contribution in [3.8, 4) is 5.75 Å². The molecule has 7 heteroatoms. The summed E-state index contributed by atoms with van der Waals surface area (Å²) in [4.78, 5) is 10.8. The second-order valence-electron chi connectivity index (χ2n) is 6.67. The van der Waals surface area contributed by atoms with E-state index >= 15 is 0 Å². The van der Waals surface area contributed by atoms with Crippen LogP contribution in [0.25, 0.3) is 0 Å². The Labute approximate surface area is 144 Å². The lowest BCUT2D eigenvalue weighted by molar-refractivity contribution is 0.146. The molecule has 132 valence electrons. The number of halogens is 2. The Balaban J connectivity index is 1.35. The molecule has 4 rings (SSSR count). The van der Waals surface area contributed by atoms with Crippen molar-refractivity contribution in [2.24, 2.45) is 0 Å². The van der Waals surface area contributed by atoms with Gasteiger partial charge in [-0.3, -0.25) is 4.98 Å². The molecule has 1 aliphatic heterocycles. The van der Waals surface area contributed by atoms with Crippen molar-refractivity contribution >= 4 is 5.82 Å². The maximum atomic E-state index is 13.7. The summed E-state index contributed by atoms with van der Waals surface area (Å²) >= 11 is 0. The van der Waals surface area contributed by atoms with Crippen molar-refractivity contribution in [1.82, 2.24) is 9.97 Å². The van der Waals surface area contributed by atoms with Gasteiger partial charge in [0.25, 0.3) is 0 Å². The minimum absolute atomic E-state index is 0.0849. The molecular formula is C18H19F2N3O2. The fourth-order valence-corrected chi connectivity index (χ4v) is 3.05. The lowest BCUT2D eigenvalue weighted by Crippen LogP contribution is -2.39. The molecule has 0 bridgehead atoms.